The highest BCUT2D eigenvalue weighted by Gasteiger charge is 2.23. The Labute approximate surface area is 80.1 Å². The van der Waals surface area contributed by atoms with Crippen LogP contribution in [-0.4, -0.2) is 18.3 Å². The maximum Gasteiger partial charge on any atom is 0.133 e. The molecule has 0 spiro atoms. The zero-order valence-electron chi connectivity index (χ0n) is 7.52. The predicted molar refractivity (Wildman–Crippen MR) is 46.3 cm³/mol. The summed E-state index contributed by atoms with van der Waals surface area (Å²) in [4.78, 5) is 0. The molecule has 1 aromatic rings. The van der Waals surface area contributed by atoms with Crippen molar-refractivity contribution in [2.24, 2.45) is 0 Å². The van der Waals surface area contributed by atoms with Gasteiger partial charge in [0, 0.05) is 36.6 Å². The lowest BCUT2D eigenvalue weighted by Crippen LogP contribution is -2.00. The second kappa shape index (κ2) is 3.53. The maximum atomic E-state index is 13.3. The molecule has 0 atom stereocenters. The van der Waals surface area contributed by atoms with E-state index in [2.05, 4.69) is 0 Å². The van der Waals surface area contributed by atoms with Gasteiger partial charge in [0.15, 0.2) is 0 Å². The summed E-state index contributed by atoms with van der Waals surface area (Å²) in [6.07, 6.45) is 0.633. The molecular weight excluding hydrogens is 190 g/mol. The van der Waals surface area contributed by atoms with E-state index in [1.54, 1.807) is 0 Å². The molecule has 0 amide bonds. The number of benzene rings is 1. The zero-order chi connectivity index (χ0) is 10.1. The van der Waals surface area contributed by atoms with Crippen molar-refractivity contribution in [2.75, 3.05) is 13.2 Å². The Morgan fingerprint density at radius 1 is 1.36 bits per heavy atom. The Bertz CT molecular complexity index is 364. The van der Waals surface area contributed by atoms with Crippen molar-refractivity contribution in [1.82, 2.24) is 0 Å². The topological polar surface area (TPSA) is 29.5 Å². The molecule has 0 saturated carbocycles. The number of rotatable bonds is 2. The second-order valence-electron chi connectivity index (χ2n) is 3.20. The van der Waals surface area contributed by atoms with Gasteiger partial charge in [-0.25, -0.2) is 8.78 Å². The predicted octanol–water partition coefficient (Wildman–Crippen LogP) is 1.43. The van der Waals surface area contributed by atoms with Gasteiger partial charge in [0.2, 0.25) is 0 Å². The molecule has 1 aliphatic rings. The Balaban J connectivity index is 2.54. The molecule has 0 unspecified atom stereocenters. The summed E-state index contributed by atoms with van der Waals surface area (Å²) in [5, 5.41) is 8.73. The molecule has 1 N–H and O–H groups in total. The molecule has 14 heavy (non-hydrogen) atoms. The standard InChI is InChI=1S/C10H10F2O2/c11-8-5-9(12)7-2-4-14-10(7)6(8)1-3-13/h5,13H,1-4H2. The Hall–Kier alpha value is -1.16. The van der Waals surface area contributed by atoms with Gasteiger partial charge in [0.1, 0.15) is 17.4 Å². The highest BCUT2D eigenvalue weighted by Crippen LogP contribution is 2.33. The molecule has 1 aliphatic heterocycles. The molecule has 0 aromatic heterocycles. The lowest BCUT2D eigenvalue weighted by atomic mass is 10.0. The van der Waals surface area contributed by atoms with Crippen LogP contribution < -0.4 is 4.74 Å². The Kier molecular flexibility index (Phi) is 2.37. The molecule has 0 aliphatic carbocycles. The van der Waals surface area contributed by atoms with E-state index in [9.17, 15) is 8.78 Å². The quantitative estimate of drug-likeness (QED) is 0.782. The van der Waals surface area contributed by atoms with E-state index in [-0.39, 0.29) is 24.3 Å². The molecular formula is C10H10F2O2. The van der Waals surface area contributed by atoms with Crippen LogP contribution in [-0.2, 0) is 12.8 Å². The van der Waals surface area contributed by atoms with E-state index in [0.29, 0.717) is 18.6 Å². The fraction of sp³-hybridized carbons (Fsp3) is 0.400. The molecule has 0 fully saturated rings. The van der Waals surface area contributed by atoms with Crippen LogP contribution in [0.1, 0.15) is 11.1 Å². The normalized spacial score (nSPS) is 13.9. The van der Waals surface area contributed by atoms with Crippen molar-refractivity contribution in [2.45, 2.75) is 12.8 Å². The van der Waals surface area contributed by atoms with E-state index < -0.39 is 11.6 Å². The van der Waals surface area contributed by atoms with Crippen molar-refractivity contribution < 1.29 is 18.6 Å². The summed E-state index contributed by atoms with van der Waals surface area (Å²) in [5.74, 6) is -0.912. The van der Waals surface area contributed by atoms with Crippen LogP contribution in [0.4, 0.5) is 8.78 Å². The monoisotopic (exact) mass is 200 g/mol. The van der Waals surface area contributed by atoms with Crippen molar-refractivity contribution in [3.63, 3.8) is 0 Å². The largest absolute Gasteiger partial charge is 0.492 e. The third-order valence-electron chi connectivity index (χ3n) is 2.34. The summed E-state index contributed by atoms with van der Waals surface area (Å²) in [5.41, 5.74) is 0.705. The van der Waals surface area contributed by atoms with E-state index in [1.165, 1.54) is 0 Å². The summed E-state index contributed by atoms with van der Waals surface area (Å²) in [6.45, 7) is 0.215. The third-order valence-corrected chi connectivity index (χ3v) is 2.34. The van der Waals surface area contributed by atoms with Crippen LogP contribution >= 0.6 is 0 Å². The Morgan fingerprint density at radius 3 is 2.86 bits per heavy atom. The average molecular weight is 200 g/mol. The molecule has 0 saturated heterocycles. The molecule has 0 radical (unpaired) electrons. The smallest absolute Gasteiger partial charge is 0.133 e. The van der Waals surface area contributed by atoms with Crippen molar-refractivity contribution in [3.8, 4) is 5.75 Å². The van der Waals surface area contributed by atoms with Crippen molar-refractivity contribution in [1.29, 1.82) is 0 Å². The zero-order valence-corrected chi connectivity index (χ0v) is 7.52. The number of aliphatic hydroxyl groups excluding tert-OH is 1. The summed E-state index contributed by atoms with van der Waals surface area (Å²) >= 11 is 0. The highest BCUT2D eigenvalue weighted by atomic mass is 19.1. The lowest BCUT2D eigenvalue weighted by Gasteiger charge is -2.08. The van der Waals surface area contributed by atoms with Crippen LogP contribution in [0.3, 0.4) is 0 Å². The van der Waals surface area contributed by atoms with Crippen LogP contribution in [0.25, 0.3) is 0 Å². The molecule has 2 rings (SSSR count). The first-order valence-electron chi connectivity index (χ1n) is 4.47. The third kappa shape index (κ3) is 1.35. The van der Waals surface area contributed by atoms with Crippen molar-refractivity contribution >= 4 is 0 Å². The van der Waals surface area contributed by atoms with Crippen LogP contribution in [0.5, 0.6) is 5.75 Å². The van der Waals surface area contributed by atoms with Gasteiger partial charge in [-0.2, -0.15) is 0 Å². The minimum Gasteiger partial charge on any atom is -0.492 e. The minimum absolute atomic E-state index is 0.161. The molecule has 1 heterocycles. The van der Waals surface area contributed by atoms with Gasteiger partial charge in [-0.1, -0.05) is 0 Å². The van der Waals surface area contributed by atoms with Gasteiger partial charge in [0.05, 0.1) is 6.61 Å². The molecule has 4 heteroatoms. The fourth-order valence-corrected chi connectivity index (χ4v) is 1.69. The molecule has 0 bridgehead atoms. The van der Waals surface area contributed by atoms with Gasteiger partial charge < -0.3 is 9.84 Å². The molecule has 1 aromatic carbocycles. The van der Waals surface area contributed by atoms with Crippen LogP contribution in [0.2, 0.25) is 0 Å². The first-order valence-corrected chi connectivity index (χ1v) is 4.47. The van der Waals surface area contributed by atoms with Gasteiger partial charge in [-0.05, 0) is 0 Å². The number of hydrogen-bond acceptors (Lipinski definition) is 2. The first-order chi connectivity index (χ1) is 6.74. The van der Waals surface area contributed by atoms with Gasteiger partial charge in [-0.15, -0.1) is 0 Å². The van der Waals surface area contributed by atoms with E-state index in [4.69, 9.17) is 9.84 Å². The highest BCUT2D eigenvalue weighted by molar-refractivity contribution is 5.45. The van der Waals surface area contributed by atoms with E-state index in [0.717, 1.165) is 6.07 Å². The average Bonchev–Trinajstić information content (AvgIpc) is 2.60. The van der Waals surface area contributed by atoms with Gasteiger partial charge >= 0.3 is 0 Å². The molecule has 76 valence electrons. The van der Waals surface area contributed by atoms with Gasteiger partial charge in [0.25, 0.3) is 0 Å². The number of aliphatic hydroxyl groups is 1. The minimum atomic E-state index is -0.641. The number of fused-ring (bicyclic) bond motifs is 1. The number of ether oxygens (including phenoxy) is 1. The summed E-state index contributed by atoms with van der Waals surface area (Å²) in [7, 11) is 0. The van der Waals surface area contributed by atoms with Crippen molar-refractivity contribution in [3.05, 3.63) is 28.8 Å². The summed E-state index contributed by atoms with van der Waals surface area (Å²) < 4.78 is 31.6. The SMILES string of the molecule is OCCc1c(F)cc(F)c2c1OCC2. The van der Waals surface area contributed by atoms with E-state index >= 15 is 0 Å². The summed E-state index contributed by atoms with van der Waals surface area (Å²) in [6, 6.07) is 0.860. The molecule has 2 nitrogen and oxygen atoms in total. The first kappa shape index (κ1) is 9.40. The maximum absolute atomic E-state index is 13.3. The number of hydrogen-bond donors (Lipinski definition) is 1. The lowest BCUT2D eigenvalue weighted by molar-refractivity contribution is 0.292. The van der Waals surface area contributed by atoms with Crippen LogP contribution in [0, 0.1) is 11.6 Å². The number of halogens is 2. The van der Waals surface area contributed by atoms with Gasteiger partial charge in [-0.3, -0.25) is 0 Å². The fourth-order valence-electron chi connectivity index (χ4n) is 1.69. The Morgan fingerprint density at radius 2 is 2.14 bits per heavy atom. The van der Waals surface area contributed by atoms with Crippen LogP contribution in [0.15, 0.2) is 6.07 Å². The second-order valence-corrected chi connectivity index (χ2v) is 3.20. The van der Waals surface area contributed by atoms with E-state index in [1.807, 2.05) is 0 Å².